The van der Waals surface area contributed by atoms with E-state index in [1.165, 1.54) is 0 Å². The van der Waals surface area contributed by atoms with Gasteiger partial charge in [-0.1, -0.05) is 27.7 Å². The van der Waals surface area contributed by atoms with Crippen LogP contribution in [0.4, 0.5) is 0 Å². The fourth-order valence-corrected chi connectivity index (χ4v) is 2.15. The molecule has 2 heterocycles. The molecule has 104 valence electrons. The molecule has 3 nitrogen and oxygen atoms in total. The molecule has 0 aromatic carbocycles. The maximum Gasteiger partial charge on any atom is 0.129 e. The molecule has 2 aromatic heterocycles. The van der Waals surface area contributed by atoms with Crippen LogP contribution in [0.15, 0.2) is 33.1 Å². The van der Waals surface area contributed by atoms with Crippen LogP contribution >= 0.6 is 0 Å². The molecule has 0 aliphatic rings. The summed E-state index contributed by atoms with van der Waals surface area (Å²) in [7, 11) is 0. The van der Waals surface area contributed by atoms with E-state index < -0.39 is 0 Å². The number of hydrogen-bond donors (Lipinski definition) is 1. The molecule has 0 atom stereocenters. The second-order valence-corrected chi connectivity index (χ2v) is 5.94. The van der Waals surface area contributed by atoms with Crippen molar-refractivity contribution in [1.29, 1.82) is 0 Å². The van der Waals surface area contributed by atoms with Crippen LogP contribution in [0.5, 0.6) is 0 Å². The molecule has 3 heteroatoms. The summed E-state index contributed by atoms with van der Waals surface area (Å²) in [5.41, 5.74) is -0.153. The Balaban J connectivity index is 2.15. The molecule has 2 aromatic rings. The monoisotopic (exact) mass is 262 g/mol. The maximum absolute atomic E-state index is 9.06. The molecule has 0 spiro atoms. The smallest absolute Gasteiger partial charge is 0.129 e. The van der Waals surface area contributed by atoms with Crippen molar-refractivity contribution in [2.75, 3.05) is 0 Å². The zero-order valence-corrected chi connectivity index (χ0v) is 12.1. The summed E-state index contributed by atoms with van der Waals surface area (Å²) in [6.45, 7) is 8.41. The minimum atomic E-state index is -0.153. The molecule has 0 bridgehead atoms. The van der Waals surface area contributed by atoms with Crippen molar-refractivity contribution in [3.05, 3.63) is 47.3 Å². The van der Waals surface area contributed by atoms with E-state index in [0.717, 1.165) is 23.7 Å². The highest BCUT2D eigenvalue weighted by molar-refractivity contribution is 5.19. The van der Waals surface area contributed by atoms with Crippen LogP contribution in [-0.2, 0) is 18.4 Å². The van der Waals surface area contributed by atoms with E-state index in [0.29, 0.717) is 11.7 Å². The van der Waals surface area contributed by atoms with Crippen LogP contribution in [0.2, 0.25) is 0 Å². The van der Waals surface area contributed by atoms with E-state index in [1.54, 1.807) is 0 Å². The lowest BCUT2D eigenvalue weighted by Crippen LogP contribution is -2.19. The summed E-state index contributed by atoms with van der Waals surface area (Å²) in [6.07, 6.45) is 0.776. The van der Waals surface area contributed by atoms with Gasteiger partial charge >= 0.3 is 0 Å². The first-order chi connectivity index (χ1) is 8.92. The Morgan fingerprint density at radius 1 is 1.05 bits per heavy atom. The first-order valence-electron chi connectivity index (χ1n) is 6.71. The first kappa shape index (κ1) is 13.9. The van der Waals surface area contributed by atoms with Gasteiger partial charge in [0.15, 0.2) is 0 Å². The van der Waals surface area contributed by atoms with E-state index in [4.69, 9.17) is 13.9 Å². The molecule has 0 radical (unpaired) electrons. The summed E-state index contributed by atoms with van der Waals surface area (Å²) in [5.74, 6) is 3.86. The van der Waals surface area contributed by atoms with Gasteiger partial charge in [0.2, 0.25) is 0 Å². The molecule has 1 N–H and O–H groups in total. The van der Waals surface area contributed by atoms with Gasteiger partial charge in [0.1, 0.15) is 29.6 Å². The minimum Gasteiger partial charge on any atom is -0.466 e. The van der Waals surface area contributed by atoms with Crippen LogP contribution in [-0.4, -0.2) is 5.11 Å². The van der Waals surface area contributed by atoms with Gasteiger partial charge in [-0.15, -0.1) is 0 Å². The summed E-state index contributed by atoms with van der Waals surface area (Å²) in [5, 5.41) is 9.06. The van der Waals surface area contributed by atoms with Gasteiger partial charge in [-0.25, -0.2) is 0 Å². The fourth-order valence-electron chi connectivity index (χ4n) is 2.15. The van der Waals surface area contributed by atoms with E-state index in [9.17, 15) is 0 Å². The van der Waals surface area contributed by atoms with Gasteiger partial charge in [0.25, 0.3) is 0 Å². The van der Waals surface area contributed by atoms with Crippen LogP contribution in [0.3, 0.4) is 0 Å². The minimum absolute atomic E-state index is 0.0612. The topological polar surface area (TPSA) is 46.5 Å². The number of aliphatic hydroxyl groups excluding tert-OH is 1. The molecule has 0 saturated heterocycles. The quantitative estimate of drug-likeness (QED) is 0.885. The summed E-state index contributed by atoms with van der Waals surface area (Å²) in [4.78, 5) is 0. The Hall–Kier alpha value is -1.48. The highest BCUT2D eigenvalue weighted by atomic mass is 16.4. The fraction of sp³-hybridized carbons (Fsp3) is 0.500. The zero-order chi connectivity index (χ0) is 14.0. The number of rotatable bonds is 5. The van der Waals surface area contributed by atoms with E-state index in [-0.39, 0.29) is 12.0 Å². The second kappa shape index (κ2) is 5.25. The molecule has 0 saturated carbocycles. The highest BCUT2D eigenvalue weighted by Gasteiger charge is 2.26. The molecule has 2 rings (SSSR count). The van der Waals surface area contributed by atoms with E-state index in [2.05, 4.69) is 27.7 Å². The Bertz CT molecular complexity index is 532. The molecule has 0 aliphatic heterocycles. The first-order valence-corrected chi connectivity index (χ1v) is 6.71. The van der Waals surface area contributed by atoms with Gasteiger partial charge in [-0.05, 0) is 24.3 Å². The second-order valence-electron chi connectivity index (χ2n) is 5.94. The van der Waals surface area contributed by atoms with Gasteiger partial charge in [0, 0.05) is 17.8 Å². The molecule has 0 fully saturated rings. The molecule has 19 heavy (non-hydrogen) atoms. The van der Waals surface area contributed by atoms with Crippen LogP contribution in [0.1, 0.15) is 56.7 Å². The molecule has 0 aliphatic carbocycles. The Labute approximate surface area is 114 Å². The summed E-state index contributed by atoms with van der Waals surface area (Å²) < 4.78 is 11.5. The molecular formula is C16H22O3. The number of hydrogen-bond acceptors (Lipinski definition) is 3. The van der Waals surface area contributed by atoms with Crippen LogP contribution in [0, 0.1) is 0 Å². The van der Waals surface area contributed by atoms with Crippen LogP contribution < -0.4 is 0 Å². The lowest BCUT2D eigenvalue weighted by Gasteiger charge is -2.20. The third kappa shape index (κ3) is 3.10. The van der Waals surface area contributed by atoms with Gasteiger partial charge in [-0.2, -0.15) is 0 Å². The lowest BCUT2D eigenvalue weighted by atomic mass is 9.85. The Kier molecular flexibility index (Phi) is 3.85. The van der Waals surface area contributed by atoms with Gasteiger partial charge in [0.05, 0.1) is 0 Å². The van der Waals surface area contributed by atoms with Crippen molar-refractivity contribution in [3.63, 3.8) is 0 Å². The van der Waals surface area contributed by atoms with E-state index >= 15 is 0 Å². The lowest BCUT2D eigenvalue weighted by molar-refractivity contribution is 0.234. The average Bonchev–Trinajstić information content (AvgIpc) is 2.96. The van der Waals surface area contributed by atoms with Crippen molar-refractivity contribution in [2.45, 2.75) is 52.1 Å². The van der Waals surface area contributed by atoms with Crippen molar-refractivity contribution < 1.29 is 13.9 Å². The molecule has 0 unspecified atom stereocenters. The average molecular weight is 262 g/mol. The summed E-state index contributed by atoms with van der Waals surface area (Å²) in [6, 6.07) is 7.82. The normalized spacial score (nSPS) is 12.3. The van der Waals surface area contributed by atoms with Crippen molar-refractivity contribution in [3.8, 4) is 0 Å². The molecule has 0 amide bonds. The summed E-state index contributed by atoms with van der Waals surface area (Å²) >= 11 is 0. The third-order valence-corrected chi connectivity index (χ3v) is 3.35. The van der Waals surface area contributed by atoms with Crippen molar-refractivity contribution in [2.24, 2.45) is 0 Å². The van der Waals surface area contributed by atoms with Crippen LogP contribution in [0.25, 0.3) is 0 Å². The Morgan fingerprint density at radius 3 is 2.26 bits per heavy atom. The van der Waals surface area contributed by atoms with Crippen molar-refractivity contribution in [1.82, 2.24) is 0 Å². The SMILES string of the molecule is CC(C)c1ccc(CC(C)(C)c2ccc(CO)o2)o1. The van der Waals surface area contributed by atoms with Gasteiger partial charge in [-0.3, -0.25) is 0 Å². The Morgan fingerprint density at radius 2 is 1.74 bits per heavy atom. The standard InChI is InChI=1S/C16H22O3/c1-11(2)14-7-5-12(18-14)9-16(3,4)15-8-6-13(10-17)19-15/h5-8,11,17H,9-10H2,1-4H3. The molecular weight excluding hydrogens is 240 g/mol. The highest BCUT2D eigenvalue weighted by Crippen LogP contribution is 2.30. The largest absolute Gasteiger partial charge is 0.466 e. The van der Waals surface area contributed by atoms with Crippen molar-refractivity contribution >= 4 is 0 Å². The third-order valence-electron chi connectivity index (χ3n) is 3.35. The number of aliphatic hydroxyl groups is 1. The predicted octanol–water partition coefficient (Wildman–Crippen LogP) is 4.01. The predicted molar refractivity (Wildman–Crippen MR) is 74.2 cm³/mol. The number of furan rings is 2. The zero-order valence-electron chi connectivity index (χ0n) is 12.1. The van der Waals surface area contributed by atoms with Gasteiger partial charge < -0.3 is 13.9 Å². The maximum atomic E-state index is 9.06. The van der Waals surface area contributed by atoms with E-state index in [1.807, 2.05) is 24.3 Å².